The maximum atomic E-state index is 14.6. The molecule has 6 aromatic rings. The fourth-order valence-electron chi connectivity index (χ4n) is 5.84. The highest BCUT2D eigenvalue weighted by Gasteiger charge is 2.18. The van der Waals surface area contributed by atoms with Crippen LogP contribution in [0.3, 0.4) is 0 Å². The van der Waals surface area contributed by atoms with Gasteiger partial charge in [-0.05, 0) is 79.0 Å². The molecule has 4 aromatic heterocycles. The van der Waals surface area contributed by atoms with E-state index in [-0.39, 0.29) is 6.54 Å². The van der Waals surface area contributed by atoms with Crippen molar-refractivity contribution >= 4 is 32.0 Å². The van der Waals surface area contributed by atoms with Gasteiger partial charge < -0.3 is 4.98 Å². The van der Waals surface area contributed by atoms with E-state index in [1.807, 2.05) is 36.7 Å². The van der Waals surface area contributed by atoms with Gasteiger partial charge in [-0.15, -0.1) is 0 Å². The molecule has 12 heteroatoms. The number of imidazole rings is 1. The normalized spacial score (nSPS) is 14.5. The van der Waals surface area contributed by atoms with Gasteiger partial charge in [0.05, 0.1) is 34.7 Å². The average Bonchev–Trinajstić information content (AvgIpc) is 3.64. The summed E-state index contributed by atoms with van der Waals surface area (Å²) in [6.45, 7) is 3.10. The van der Waals surface area contributed by atoms with Crippen LogP contribution in [0.2, 0.25) is 0 Å². The summed E-state index contributed by atoms with van der Waals surface area (Å²) in [5, 5.41) is 8.48. The van der Waals surface area contributed by atoms with E-state index >= 15 is 0 Å². The van der Waals surface area contributed by atoms with E-state index < -0.39 is 15.8 Å². The molecule has 0 radical (unpaired) electrons. The average molecular weight is 611 g/mol. The number of para-hydroxylation sites is 1. The highest BCUT2D eigenvalue weighted by molar-refractivity contribution is 7.88. The minimum atomic E-state index is -3.43. The van der Waals surface area contributed by atoms with Gasteiger partial charge in [0, 0.05) is 42.0 Å². The SMILES string of the molecule is CS(=O)(=O)NCc1cc(F)cc(-c2cccc3[nH]c(-c4n[nH]c5cnc(-c6cncc(CN7CCCCC7)c6)cc45)nc23)c1. The zero-order valence-corrected chi connectivity index (χ0v) is 25.0. The Hall–Kier alpha value is -4.52. The summed E-state index contributed by atoms with van der Waals surface area (Å²) in [5.74, 6) is 0.0940. The predicted molar refractivity (Wildman–Crippen MR) is 168 cm³/mol. The van der Waals surface area contributed by atoms with E-state index in [1.54, 1.807) is 12.3 Å². The first-order valence-electron chi connectivity index (χ1n) is 14.5. The van der Waals surface area contributed by atoms with Crippen LogP contribution in [-0.4, -0.2) is 62.8 Å². The molecule has 0 amide bonds. The number of aromatic amines is 2. The molecule has 1 aliphatic heterocycles. The van der Waals surface area contributed by atoms with Gasteiger partial charge in [0.2, 0.25) is 10.0 Å². The molecular formula is C32H31FN8O2S. The number of aromatic nitrogens is 6. The minimum absolute atomic E-state index is 0.0162. The largest absolute Gasteiger partial charge is 0.337 e. The van der Waals surface area contributed by atoms with Crippen molar-refractivity contribution in [3.63, 3.8) is 0 Å². The molecular weight excluding hydrogens is 579 g/mol. The number of hydrogen-bond acceptors (Lipinski definition) is 7. The molecule has 224 valence electrons. The van der Waals surface area contributed by atoms with E-state index in [2.05, 4.69) is 40.8 Å². The van der Waals surface area contributed by atoms with Crippen LogP contribution in [0, 0.1) is 5.82 Å². The number of pyridine rings is 2. The van der Waals surface area contributed by atoms with Crippen molar-refractivity contribution in [2.45, 2.75) is 32.4 Å². The monoisotopic (exact) mass is 610 g/mol. The zero-order chi connectivity index (χ0) is 30.3. The van der Waals surface area contributed by atoms with Crippen LogP contribution in [0.25, 0.3) is 55.8 Å². The van der Waals surface area contributed by atoms with Gasteiger partial charge in [0.15, 0.2) is 5.82 Å². The Bertz CT molecular complexity index is 2100. The van der Waals surface area contributed by atoms with Crippen molar-refractivity contribution in [3.05, 3.63) is 84.1 Å². The lowest BCUT2D eigenvalue weighted by Gasteiger charge is -2.26. The van der Waals surface area contributed by atoms with Gasteiger partial charge in [-0.1, -0.05) is 18.6 Å². The molecule has 10 nitrogen and oxygen atoms in total. The van der Waals surface area contributed by atoms with Gasteiger partial charge >= 0.3 is 0 Å². The summed E-state index contributed by atoms with van der Waals surface area (Å²) in [7, 11) is -3.43. The van der Waals surface area contributed by atoms with Crippen LogP contribution in [0.5, 0.6) is 0 Å². The fourth-order valence-corrected chi connectivity index (χ4v) is 6.27. The van der Waals surface area contributed by atoms with E-state index in [0.717, 1.165) is 59.1 Å². The Labute approximate surface area is 253 Å². The van der Waals surface area contributed by atoms with Crippen LogP contribution >= 0.6 is 0 Å². The second-order valence-electron chi connectivity index (χ2n) is 11.3. The van der Waals surface area contributed by atoms with Gasteiger partial charge in [0.25, 0.3) is 0 Å². The topological polar surface area (TPSA) is 133 Å². The second-order valence-corrected chi connectivity index (χ2v) is 13.2. The molecule has 0 bridgehead atoms. The van der Waals surface area contributed by atoms with E-state index in [1.165, 1.54) is 31.4 Å². The minimum Gasteiger partial charge on any atom is -0.337 e. The number of fused-ring (bicyclic) bond motifs is 2. The first-order valence-corrected chi connectivity index (χ1v) is 16.4. The molecule has 0 unspecified atom stereocenters. The van der Waals surface area contributed by atoms with Crippen LogP contribution in [0.15, 0.2) is 67.1 Å². The smallest absolute Gasteiger partial charge is 0.209 e. The third kappa shape index (κ3) is 5.96. The van der Waals surface area contributed by atoms with E-state index in [9.17, 15) is 12.8 Å². The van der Waals surface area contributed by atoms with Crippen molar-refractivity contribution in [1.82, 2.24) is 39.8 Å². The quantitative estimate of drug-likeness (QED) is 0.210. The van der Waals surface area contributed by atoms with E-state index in [4.69, 9.17) is 4.98 Å². The van der Waals surface area contributed by atoms with E-state index in [0.29, 0.717) is 33.7 Å². The summed E-state index contributed by atoms with van der Waals surface area (Å²) in [6.07, 6.45) is 10.4. The fraction of sp³-hybridized carbons (Fsp3) is 0.250. The highest BCUT2D eigenvalue weighted by Crippen LogP contribution is 2.33. The van der Waals surface area contributed by atoms with Crippen molar-refractivity contribution in [1.29, 1.82) is 0 Å². The molecule has 0 saturated carbocycles. The maximum absolute atomic E-state index is 14.6. The lowest BCUT2D eigenvalue weighted by Crippen LogP contribution is -2.29. The summed E-state index contributed by atoms with van der Waals surface area (Å²) >= 11 is 0. The van der Waals surface area contributed by atoms with Gasteiger partial charge in [-0.2, -0.15) is 5.10 Å². The third-order valence-corrected chi connectivity index (χ3v) is 8.61. The highest BCUT2D eigenvalue weighted by atomic mass is 32.2. The Balaban J connectivity index is 1.23. The number of sulfonamides is 1. The molecule has 3 N–H and O–H groups in total. The summed E-state index contributed by atoms with van der Waals surface area (Å²) in [5.41, 5.74) is 7.52. The standard InChI is InChI=1S/C32H31FN8O2S/c1-44(42,43)36-16-20-10-22(13-24(33)12-20)25-6-5-7-27-30(25)38-32(37-27)31-26-14-28(35-18-29(26)39-40-31)23-11-21(15-34-17-23)19-41-8-3-2-4-9-41/h5-7,10-15,17-18,36H,2-4,8-9,16,19H2,1H3,(H,37,38)(H,39,40). The molecule has 7 rings (SSSR count). The lowest BCUT2D eigenvalue weighted by molar-refractivity contribution is 0.220. The molecule has 1 aliphatic rings. The number of halogens is 1. The number of piperidine rings is 1. The maximum Gasteiger partial charge on any atom is 0.209 e. The zero-order valence-electron chi connectivity index (χ0n) is 24.1. The molecule has 0 aliphatic carbocycles. The Kier molecular flexibility index (Phi) is 7.40. The summed E-state index contributed by atoms with van der Waals surface area (Å²) in [6, 6.07) is 14.3. The van der Waals surface area contributed by atoms with Crippen molar-refractivity contribution < 1.29 is 12.8 Å². The van der Waals surface area contributed by atoms with Crippen molar-refractivity contribution in [3.8, 4) is 33.9 Å². The molecule has 44 heavy (non-hydrogen) atoms. The molecule has 0 spiro atoms. The molecule has 1 fully saturated rings. The summed E-state index contributed by atoms with van der Waals surface area (Å²) in [4.78, 5) is 19.9. The van der Waals surface area contributed by atoms with Gasteiger partial charge in [-0.3, -0.25) is 20.0 Å². The molecule has 1 saturated heterocycles. The number of nitrogens with zero attached hydrogens (tertiary/aromatic N) is 5. The third-order valence-electron chi connectivity index (χ3n) is 7.94. The molecule has 0 atom stereocenters. The Morgan fingerprint density at radius 2 is 1.80 bits per heavy atom. The predicted octanol–water partition coefficient (Wildman–Crippen LogP) is 5.40. The van der Waals surface area contributed by atoms with Crippen LogP contribution in [0.1, 0.15) is 30.4 Å². The second kappa shape index (κ2) is 11.5. The molecule has 2 aromatic carbocycles. The van der Waals surface area contributed by atoms with Gasteiger partial charge in [-0.25, -0.2) is 22.5 Å². The number of benzene rings is 2. The Morgan fingerprint density at radius 3 is 2.64 bits per heavy atom. The number of H-pyrrole nitrogens is 2. The number of hydrogen-bond donors (Lipinski definition) is 3. The van der Waals surface area contributed by atoms with Crippen LogP contribution in [-0.2, 0) is 23.1 Å². The van der Waals surface area contributed by atoms with Crippen LogP contribution in [0.4, 0.5) is 4.39 Å². The number of likely N-dealkylation sites (tertiary alicyclic amines) is 1. The first-order chi connectivity index (χ1) is 21.3. The number of rotatable bonds is 8. The van der Waals surface area contributed by atoms with Crippen molar-refractivity contribution in [2.24, 2.45) is 0 Å². The van der Waals surface area contributed by atoms with Crippen molar-refractivity contribution in [2.75, 3.05) is 19.3 Å². The van der Waals surface area contributed by atoms with Gasteiger partial charge in [0.1, 0.15) is 11.5 Å². The van der Waals surface area contributed by atoms with Crippen LogP contribution < -0.4 is 4.72 Å². The molecule has 5 heterocycles. The lowest BCUT2D eigenvalue weighted by atomic mass is 10.0. The summed E-state index contributed by atoms with van der Waals surface area (Å²) < 4.78 is 40.2. The number of nitrogens with one attached hydrogen (secondary N) is 3. The Morgan fingerprint density at radius 1 is 0.955 bits per heavy atom. The first kappa shape index (κ1) is 28.3.